The molecule has 4 nitrogen and oxygen atoms in total. The van der Waals surface area contributed by atoms with Crippen LogP contribution in [0.5, 0.6) is 0 Å². The maximum atomic E-state index is 13.1. The van der Waals surface area contributed by atoms with Crippen molar-refractivity contribution in [3.63, 3.8) is 0 Å². The largest absolute Gasteiger partial charge is 0.465 e. The van der Waals surface area contributed by atoms with E-state index in [4.69, 9.17) is 4.74 Å². The number of carbonyl (C=O) groups is 1. The lowest BCUT2D eigenvalue weighted by atomic mass is 10.1. The maximum absolute atomic E-state index is 13.1. The van der Waals surface area contributed by atoms with E-state index >= 15 is 0 Å². The van der Waals surface area contributed by atoms with E-state index in [1.807, 2.05) is 6.92 Å². The third kappa shape index (κ3) is 4.00. The molecule has 0 aliphatic carbocycles. The fourth-order valence-electron chi connectivity index (χ4n) is 1.55. The number of anilines is 1. The first-order chi connectivity index (χ1) is 8.58. The number of nitrogens with one attached hydrogen (secondary N) is 1. The third-order valence-electron chi connectivity index (χ3n) is 2.54. The van der Waals surface area contributed by atoms with Crippen molar-refractivity contribution < 1.29 is 18.7 Å². The highest BCUT2D eigenvalue weighted by molar-refractivity contribution is 5.95. The zero-order valence-corrected chi connectivity index (χ0v) is 10.8. The Balaban J connectivity index is 2.84. The molecule has 0 aliphatic heterocycles. The van der Waals surface area contributed by atoms with E-state index in [-0.39, 0.29) is 11.6 Å². The second kappa shape index (κ2) is 6.96. The van der Waals surface area contributed by atoms with E-state index < -0.39 is 11.8 Å². The average Bonchev–Trinajstić information content (AvgIpc) is 2.37. The molecule has 1 N–H and O–H groups in total. The Hall–Kier alpha value is -1.62. The quantitative estimate of drug-likeness (QED) is 0.793. The van der Waals surface area contributed by atoms with E-state index in [2.05, 4.69) is 10.1 Å². The molecule has 1 aromatic carbocycles. The Kier molecular flexibility index (Phi) is 5.58. The average molecular weight is 255 g/mol. The zero-order chi connectivity index (χ0) is 13.5. The Labute approximate surface area is 106 Å². The van der Waals surface area contributed by atoms with Crippen LogP contribution in [-0.2, 0) is 9.47 Å². The molecular weight excluding hydrogens is 237 g/mol. The molecule has 1 rings (SSSR count). The van der Waals surface area contributed by atoms with Gasteiger partial charge in [-0.1, -0.05) is 0 Å². The first-order valence-electron chi connectivity index (χ1n) is 5.71. The van der Waals surface area contributed by atoms with Gasteiger partial charge in [0.15, 0.2) is 0 Å². The predicted octanol–water partition coefficient (Wildman–Crippen LogP) is 2.45. The van der Waals surface area contributed by atoms with Gasteiger partial charge in [-0.05, 0) is 31.5 Å². The molecule has 1 atom stereocenters. The highest BCUT2D eigenvalue weighted by Crippen LogP contribution is 2.19. The molecule has 0 saturated carbocycles. The first kappa shape index (κ1) is 14.4. The number of benzene rings is 1. The number of rotatable bonds is 6. The molecule has 18 heavy (non-hydrogen) atoms. The van der Waals surface area contributed by atoms with E-state index in [9.17, 15) is 9.18 Å². The SMILES string of the molecule is COCCC(C)Nc1ccc(F)cc1C(=O)OC. The molecule has 0 radical (unpaired) electrons. The number of esters is 1. The Bertz CT molecular complexity index is 409. The van der Waals surface area contributed by atoms with Crippen LogP contribution in [-0.4, -0.2) is 32.8 Å². The van der Waals surface area contributed by atoms with E-state index in [0.29, 0.717) is 12.3 Å². The van der Waals surface area contributed by atoms with Crippen LogP contribution in [0.15, 0.2) is 18.2 Å². The molecule has 0 saturated heterocycles. The number of carbonyl (C=O) groups excluding carboxylic acids is 1. The highest BCUT2D eigenvalue weighted by Gasteiger charge is 2.14. The van der Waals surface area contributed by atoms with Crippen molar-refractivity contribution in [2.75, 3.05) is 26.1 Å². The monoisotopic (exact) mass is 255 g/mol. The topological polar surface area (TPSA) is 47.6 Å². The van der Waals surface area contributed by atoms with Gasteiger partial charge in [-0.15, -0.1) is 0 Å². The molecule has 0 bridgehead atoms. The summed E-state index contributed by atoms with van der Waals surface area (Å²) in [4.78, 5) is 11.5. The van der Waals surface area contributed by atoms with Gasteiger partial charge < -0.3 is 14.8 Å². The van der Waals surface area contributed by atoms with Crippen molar-refractivity contribution >= 4 is 11.7 Å². The molecule has 1 aromatic rings. The van der Waals surface area contributed by atoms with Gasteiger partial charge in [0.1, 0.15) is 5.82 Å². The molecule has 0 heterocycles. The third-order valence-corrected chi connectivity index (χ3v) is 2.54. The van der Waals surface area contributed by atoms with Gasteiger partial charge in [0.05, 0.1) is 12.7 Å². The fraction of sp³-hybridized carbons (Fsp3) is 0.462. The minimum Gasteiger partial charge on any atom is -0.465 e. The molecule has 0 aromatic heterocycles. The van der Waals surface area contributed by atoms with Crippen LogP contribution in [0.3, 0.4) is 0 Å². The van der Waals surface area contributed by atoms with Crippen LogP contribution >= 0.6 is 0 Å². The summed E-state index contributed by atoms with van der Waals surface area (Å²) in [5.41, 5.74) is 0.758. The van der Waals surface area contributed by atoms with Crippen LogP contribution in [0.25, 0.3) is 0 Å². The Morgan fingerprint density at radius 1 is 1.44 bits per heavy atom. The van der Waals surface area contributed by atoms with Gasteiger partial charge >= 0.3 is 5.97 Å². The summed E-state index contributed by atoms with van der Waals surface area (Å²) >= 11 is 0. The number of ether oxygens (including phenoxy) is 2. The lowest BCUT2D eigenvalue weighted by molar-refractivity contribution is 0.0601. The van der Waals surface area contributed by atoms with Gasteiger partial charge in [-0.25, -0.2) is 9.18 Å². The predicted molar refractivity (Wildman–Crippen MR) is 67.3 cm³/mol. The lowest BCUT2D eigenvalue weighted by Gasteiger charge is -2.17. The number of hydrogen-bond donors (Lipinski definition) is 1. The van der Waals surface area contributed by atoms with Crippen LogP contribution < -0.4 is 5.32 Å². The number of halogens is 1. The van der Waals surface area contributed by atoms with Crippen molar-refractivity contribution in [1.29, 1.82) is 0 Å². The van der Waals surface area contributed by atoms with Gasteiger partial charge in [0.2, 0.25) is 0 Å². The summed E-state index contributed by atoms with van der Waals surface area (Å²) in [5.74, 6) is -1.03. The summed E-state index contributed by atoms with van der Waals surface area (Å²) in [6.45, 7) is 2.58. The van der Waals surface area contributed by atoms with Crippen LogP contribution in [0.4, 0.5) is 10.1 Å². The first-order valence-corrected chi connectivity index (χ1v) is 5.71. The molecule has 0 fully saturated rings. The summed E-state index contributed by atoms with van der Waals surface area (Å²) in [6.07, 6.45) is 0.786. The van der Waals surface area contributed by atoms with Crippen molar-refractivity contribution in [3.8, 4) is 0 Å². The molecular formula is C13H18FNO3. The Morgan fingerprint density at radius 3 is 2.78 bits per heavy atom. The van der Waals surface area contributed by atoms with Gasteiger partial charge in [0, 0.05) is 25.4 Å². The second-order valence-corrected chi connectivity index (χ2v) is 4.01. The van der Waals surface area contributed by atoms with E-state index in [1.165, 1.54) is 19.2 Å². The molecule has 1 unspecified atom stereocenters. The van der Waals surface area contributed by atoms with E-state index in [1.54, 1.807) is 7.11 Å². The summed E-state index contributed by atoms with van der Waals surface area (Å²) in [7, 11) is 2.90. The van der Waals surface area contributed by atoms with Crippen molar-refractivity contribution in [2.24, 2.45) is 0 Å². The Morgan fingerprint density at radius 2 is 2.17 bits per heavy atom. The minimum absolute atomic E-state index is 0.110. The van der Waals surface area contributed by atoms with E-state index in [0.717, 1.165) is 12.5 Å². The molecule has 0 amide bonds. The zero-order valence-electron chi connectivity index (χ0n) is 10.8. The second-order valence-electron chi connectivity index (χ2n) is 4.01. The van der Waals surface area contributed by atoms with Crippen LogP contribution in [0, 0.1) is 5.82 Å². The van der Waals surface area contributed by atoms with Crippen LogP contribution in [0.2, 0.25) is 0 Å². The van der Waals surface area contributed by atoms with Gasteiger partial charge in [0.25, 0.3) is 0 Å². The molecule has 100 valence electrons. The van der Waals surface area contributed by atoms with Crippen molar-refractivity contribution in [1.82, 2.24) is 0 Å². The number of hydrogen-bond acceptors (Lipinski definition) is 4. The van der Waals surface area contributed by atoms with Crippen molar-refractivity contribution in [3.05, 3.63) is 29.6 Å². The normalized spacial score (nSPS) is 12.0. The van der Waals surface area contributed by atoms with Crippen LogP contribution in [0.1, 0.15) is 23.7 Å². The highest BCUT2D eigenvalue weighted by atomic mass is 19.1. The molecule has 0 spiro atoms. The number of methoxy groups -OCH3 is 2. The smallest absolute Gasteiger partial charge is 0.340 e. The van der Waals surface area contributed by atoms with Gasteiger partial charge in [-0.3, -0.25) is 0 Å². The summed E-state index contributed by atoms with van der Waals surface area (Å²) in [5, 5.41) is 3.14. The molecule has 0 aliphatic rings. The van der Waals surface area contributed by atoms with Gasteiger partial charge in [-0.2, -0.15) is 0 Å². The molecule has 5 heteroatoms. The summed E-state index contributed by atoms with van der Waals surface area (Å²) in [6, 6.07) is 4.11. The van der Waals surface area contributed by atoms with Crippen molar-refractivity contribution in [2.45, 2.75) is 19.4 Å². The lowest BCUT2D eigenvalue weighted by Crippen LogP contribution is -2.19. The maximum Gasteiger partial charge on any atom is 0.340 e. The standard InChI is InChI=1S/C13H18FNO3/c1-9(6-7-17-2)15-12-5-4-10(14)8-11(12)13(16)18-3/h4-5,8-9,15H,6-7H2,1-3H3. The fourth-order valence-corrected chi connectivity index (χ4v) is 1.55. The summed E-state index contributed by atoms with van der Waals surface area (Å²) < 4.78 is 22.7. The minimum atomic E-state index is -0.559.